The molecule has 0 fully saturated rings. The van der Waals surface area contributed by atoms with Gasteiger partial charge in [0, 0.05) is 35.2 Å². The van der Waals surface area contributed by atoms with E-state index in [4.69, 9.17) is 16.3 Å². The number of hydrogen-bond donors (Lipinski definition) is 1. The predicted molar refractivity (Wildman–Crippen MR) is 121 cm³/mol. The highest BCUT2D eigenvalue weighted by Crippen LogP contribution is 2.23. The van der Waals surface area contributed by atoms with Crippen molar-refractivity contribution in [2.45, 2.75) is 19.5 Å². The molecule has 29 heavy (non-hydrogen) atoms. The van der Waals surface area contributed by atoms with Crippen molar-refractivity contribution in [3.8, 4) is 5.75 Å². The number of nitrogens with one attached hydrogen (secondary N) is 1. The first kappa shape index (κ1) is 19.6. The van der Waals surface area contributed by atoms with E-state index < -0.39 is 0 Å². The molecule has 1 N–H and O–H groups in total. The number of methoxy groups -OCH3 is 1. The monoisotopic (exact) mass is 404 g/mol. The summed E-state index contributed by atoms with van der Waals surface area (Å²) in [6, 6.07) is 24.8. The molecule has 0 amide bonds. The fourth-order valence-corrected chi connectivity index (χ4v) is 4.00. The second-order valence-corrected chi connectivity index (χ2v) is 7.60. The van der Waals surface area contributed by atoms with Crippen LogP contribution in [0.2, 0.25) is 5.02 Å². The molecule has 0 radical (unpaired) electrons. The fourth-order valence-electron chi connectivity index (χ4n) is 3.78. The zero-order valence-electron chi connectivity index (χ0n) is 16.6. The second-order valence-electron chi connectivity index (χ2n) is 7.17. The van der Waals surface area contributed by atoms with Crippen molar-refractivity contribution in [3.05, 3.63) is 101 Å². The van der Waals surface area contributed by atoms with E-state index in [1.54, 1.807) is 7.11 Å². The number of para-hydroxylation sites is 2. The molecule has 1 heterocycles. The van der Waals surface area contributed by atoms with Crippen LogP contribution >= 0.6 is 11.6 Å². The smallest absolute Gasteiger partial charge is 0.122 e. The summed E-state index contributed by atoms with van der Waals surface area (Å²) in [4.78, 5) is 0. The van der Waals surface area contributed by atoms with E-state index in [9.17, 15) is 0 Å². The molecular formula is C25H25ClN2O. The first-order valence-electron chi connectivity index (χ1n) is 9.88. The average Bonchev–Trinajstić information content (AvgIpc) is 3.09. The van der Waals surface area contributed by atoms with Crippen LogP contribution in [0.3, 0.4) is 0 Å². The Bertz CT molecular complexity index is 1100. The van der Waals surface area contributed by atoms with Gasteiger partial charge in [0.15, 0.2) is 0 Å². The molecule has 0 saturated carbocycles. The van der Waals surface area contributed by atoms with Crippen molar-refractivity contribution in [1.29, 1.82) is 0 Å². The van der Waals surface area contributed by atoms with Gasteiger partial charge < -0.3 is 14.6 Å². The van der Waals surface area contributed by atoms with Gasteiger partial charge in [-0.25, -0.2) is 0 Å². The zero-order valence-corrected chi connectivity index (χ0v) is 17.3. The predicted octanol–water partition coefficient (Wildman–Crippen LogP) is 5.68. The molecule has 3 nitrogen and oxygen atoms in total. The van der Waals surface area contributed by atoms with E-state index in [1.165, 1.54) is 27.6 Å². The highest BCUT2D eigenvalue weighted by atomic mass is 35.5. The standard InChI is InChI=1S/C25H25ClN2O/c1-29-25-12-5-2-8-20(25)13-14-27-16-21-18-28(24-11-4-3-10-23(21)24)17-19-7-6-9-22(26)15-19/h2-12,15,18,27H,13-14,16-17H2,1H3. The van der Waals surface area contributed by atoms with Gasteiger partial charge in [0.05, 0.1) is 7.11 Å². The van der Waals surface area contributed by atoms with E-state index in [2.05, 4.69) is 58.5 Å². The Labute approximate surface area is 176 Å². The summed E-state index contributed by atoms with van der Waals surface area (Å²) in [7, 11) is 1.72. The van der Waals surface area contributed by atoms with Crippen LogP contribution in [0, 0.1) is 0 Å². The minimum Gasteiger partial charge on any atom is -0.496 e. The van der Waals surface area contributed by atoms with Crippen molar-refractivity contribution < 1.29 is 4.74 Å². The number of ether oxygens (including phenoxy) is 1. The molecule has 0 aliphatic carbocycles. The van der Waals surface area contributed by atoms with Gasteiger partial charge in [0.25, 0.3) is 0 Å². The maximum Gasteiger partial charge on any atom is 0.122 e. The number of aromatic nitrogens is 1. The average molecular weight is 405 g/mol. The summed E-state index contributed by atoms with van der Waals surface area (Å²) in [5.41, 5.74) is 4.98. The molecule has 0 unspecified atom stereocenters. The molecule has 1 aromatic heterocycles. The maximum absolute atomic E-state index is 6.16. The number of hydrogen-bond acceptors (Lipinski definition) is 2. The summed E-state index contributed by atoms with van der Waals surface area (Å²) in [5, 5.41) is 5.66. The van der Waals surface area contributed by atoms with Crippen LogP contribution in [-0.4, -0.2) is 18.2 Å². The Morgan fingerprint density at radius 3 is 2.62 bits per heavy atom. The SMILES string of the molecule is COc1ccccc1CCNCc1cn(Cc2cccc(Cl)c2)c2ccccc12. The van der Waals surface area contributed by atoms with Crippen LogP contribution in [0.1, 0.15) is 16.7 Å². The summed E-state index contributed by atoms with van der Waals surface area (Å²) in [6.45, 7) is 2.54. The van der Waals surface area contributed by atoms with Gasteiger partial charge in [-0.2, -0.15) is 0 Å². The number of nitrogens with zero attached hydrogens (tertiary/aromatic N) is 1. The molecule has 4 rings (SSSR count). The largest absolute Gasteiger partial charge is 0.496 e. The van der Waals surface area contributed by atoms with Crippen LogP contribution in [0.4, 0.5) is 0 Å². The van der Waals surface area contributed by atoms with Gasteiger partial charge in [-0.3, -0.25) is 0 Å². The molecule has 0 aliphatic heterocycles. The first-order chi connectivity index (χ1) is 14.2. The summed E-state index contributed by atoms with van der Waals surface area (Å²) in [5.74, 6) is 0.951. The quantitative estimate of drug-likeness (QED) is 0.382. The van der Waals surface area contributed by atoms with Gasteiger partial charge in [-0.05, 0) is 53.9 Å². The Kier molecular flexibility index (Phi) is 6.18. The lowest BCUT2D eigenvalue weighted by atomic mass is 10.1. The molecule has 0 aliphatic rings. The lowest BCUT2D eigenvalue weighted by Gasteiger charge is -2.08. The third-order valence-electron chi connectivity index (χ3n) is 5.19. The van der Waals surface area contributed by atoms with Crippen molar-refractivity contribution in [2.75, 3.05) is 13.7 Å². The van der Waals surface area contributed by atoms with E-state index in [-0.39, 0.29) is 0 Å². The highest BCUT2D eigenvalue weighted by molar-refractivity contribution is 6.30. The van der Waals surface area contributed by atoms with Gasteiger partial charge >= 0.3 is 0 Å². The molecule has 0 atom stereocenters. The summed E-state index contributed by atoms with van der Waals surface area (Å²) < 4.78 is 7.75. The van der Waals surface area contributed by atoms with Crippen LogP contribution in [-0.2, 0) is 19.5 Å². The normalized spacial score (nSPS) is 11.1. The minimum atomic E-state index is 0.775. The highest BCUT2D eigenvalue weighted by Gasteiger charge is 2.09. The number of fused-ring (bicyclic) bond motifs is 1. The molecule has 0 spiro atoms. The Morgan fingerprint density at radius 1 is 0.931 bits per heavy atom. The van der Waals surface area contributed by atoms with E-state index in [0.29, 0.717) is 0 Å². The third-order valence-corrected chi connectivity index (χ3v) is 5.43. The van der Waals surface area contributed by atoms with Crippen LogP contribution in [0.15, 0.2) is 79.0 Å². The number of benzene rings is 3. The fraction of sp³-hybridized carbons (Fsp3) is 0.200. The maximum atomic E-state index is 6.16. The Balaban J connectivity index is 1.46. The number of rotatable bonds is 8. The molecule has 148 valence electrons. The first-order valence-corrected chi connectivity index (χ1v) is 10.3. The molecule has 0 saturated heterocycles. The zero-order chi connectivity index (χ0) is 20.1. The minimum absolute atomic E-state index is 0.775. The van der Waals surface area contributed by atoms with Crippen LogP contribution in [0.25, 0.3) is 10.9 Å². The van der Waals surface area contributed by atoms with Gasteiger partial charge in [-0.1, -0.05) is 60.1 Å². The second kappa shape index (κ2) is 9.17. The summed E-state index contributed by atoms with van der Waals surface area (Å²) in [6.07, 6.45) is 3.19. The van der Waals surface area contributed by atoms with Crippen LogP contribution in [0.5, 0.6) is 5.75 Å². The van der Waals surface area contributed by atoms with E-state index in [1.807, 2.05) is 30.3 Å². The van der Waals surface area contributed by atoms with Crippen molar-refractivity contribution in [1.82, 2.24) is 9.88 Å². The topological polar surface area (TPSA) is 26.2 Å². The van der Waals surface area contributed by atoms with Gasteiger partial charge in [0.2, 0.25) is 0 Å². The Morgan fingerprint density at radius 2 is 1.76 bits per heavy atom. The number of halogens is 1. The van der Waals surface area contributed by atoms with Crippen molar-refractivity contribution in [2.24, 2.45) is 0 Å². The molecule has 3 aromatic carbocycles. The van der Waals surface area contributed by atoms with Gasteiger partial charge in [0.1, 0.15) is 5.75 Å². The third kappa shape index (κ3) is 4.64. The molecule has 4 aromatic rings. The lowest BCUT2D eigenvalue weighted by Crippen LogP contribution is -2.16. The summed E-state index contributed by atoms with van der Waals surface area (Å²) >= 11 is 6.16. The molecule has 0 bridgehead atoms. The van der Waals surface area contributed by atoms with Crippen molar-refractivity contribution >= 4 is 22.5 Å². The molecule has 4 heteroatoms. The van der Waals surface area contributed by atoms with Gasteiger partial charge in [-0.15, -0.1) is 0 Å². The van der Waals surface area contributed by atoms with Crippen molar-refractivity contribution in [3.63, 3.8) is 0 Å². The molecular weight excluding hydrogens is 380 g/mol. The van der Waals surface area contributed by atoms with E-state index in [0.717, 1.165) is 36.8 Å². The van der Waals surface area contributed by atoms with Crippen LogP contribution < -0.4 is 10.1 Å². The lowest BCUT2D eigenvalue weighted by molar-refractivity contribution is 0.409. The Hall–Kier alpha value is -2.75. The van der Waals surface area contributed by atoms with E-state index >= 15 is 0 Å².